The normalized spacial score (nSPS) is 11.0. The monoisotopic (exact) mass is 339 g/mol. The van der Waals surface area contributed by atoms with Crippen molar-refractivity contribution < 1.29 is 9.18 Å². The molecule has 108 valence electrons. The number of carbonyl (C=O) groups is 1. The van der Waals surface area contributed by atoms with Crippen LogP contribution in [0.1, 0.15) is 5.69 Å². The predicted octanol–water partition coefficient (Wildman–Crippen LogP) is 3.93. The molecule has 1 N–H and O–H groups in total. The fraction of sp³-hybridized carbons (Fsp3) is 0.154. The van der Waals surface area contributed by atoms with Crippen LogP contribution in [0.3, 0.4) is 0 Å². The molecule has 3 aromatic rings. The highest BCUT2D eigenvalue weighted by Crippen LogP contribution is 2.27. The van der Waals surface area contributed by atoms with Gasteiger partial charge < -0.3 is 5.32 Å². The molecule has 1 amide bonds. The van der Waals surface area contributed by atoms with Crippen molar-refractivity contribution in [2.45, 2.75) is 11.3 Å². The van der Waals surface area contributed by atoms with Crippen LogP contribution in [0.2, 0.25) is 0 Å². The maximum Gasteiger partial charge on any atom is 0.236 e. The van der Waals surface area contributed by atoms with Gasteiger partial charge in [0.25, 0.3) is 0 Å². The number of carbonyl (C=O) groups excluding carboxylic acids is 1. The molecule has 2 aromatic heterocycles. The molecule has 8 heteroatoms. The maximum absolute atomic E-state index is 13.1. The van der Waals surface area contributed by atoms with E-state index in [1.807, 2.05) is 12.3 Å². The van der Waals surface area contributed by atoms with Crippen molar-refractivity contribution in [1.82, 2.24) is 9.97 Å². The Balaban J connectivity index is 1.63. The number of aryl methyl sites for hydroxylation is 1. The third kappa shape index (κ3) is 3.58. The van der Waals surface area contributed by atoms with Crippen molar-refractivity contribution in [3.63, 3.8) is 0 Å². The lowest BCUT2D eigenvalue weighted by molar-refractivity contribution is -0.113. The fourth-order valence-corrected chi connectivity index (χ4v) is 4.19. The molecule has 0 bridgehead atoms. The molecule has 21 heavy (non-hydrogen) atoms. The molecule has 0 aliphatic carbocycles. The van der Waals surface area contributed by atoms with Crippen molar-refractivity contribution in [1.29, 1.82) is 0 Å². The number of aromatic nitrogens is 2. The number of thioether (sulfide) groups is 1. The van der Waals surface area contributed by atoms with Gasteiger partial charge in [-0.3, -0.25) is 4.79 Å². The van der Waals surface area contributed by atoms with E-state index in [-0.39, 0.29) is 17.5 Å². The first-order valence-corrected chi connectivity index (χ1v) is 8.69. The van der Waals surface area contributed by atoms with E-state index in [0.29, 0.717) is 15.3 Å². The molecule has 0 unspecified atom stereocenters. The molecule has 0 aliphatic heterocycles. The Morgan fingerprint density at radius 2 is 2.29 bits per heavy atom. The summed E-state index contributed by atoms with van der Waals surface area (Å²) in [6.07, 6.45) is 0. The highest BCUT2D eigenvalue weighted by Gasteiger charge is 2.10. The number of rotatable bonds is 4. The molecule has 4 nitrogen and oxygen atoms in total. The van der Waals surface area contributed by atoms with E-state index in [1.165, 1.54) is 46.6 Å². The van der Waals surface area contributed by atoms with Gasteiger partial charge in [-0.25, -0.2) is 14.4 Å². The van der Waals surface area contributed by atoms with Gasteiger partial charge in [-0.15, -0.1) is 11.3 Å². The first-order valence-electron chi connectivity index (χ1n) is 6.01. The van der Waals surface area contributed by atoms with Crippen LogP contribution in [0, 0.1) is 12.7 Å². The average molecular weight is 339 g/mol. The topological polar surface area (TPSA) is 54.9 Å². The van der Waals surface area contributed by atoms with Crippen LogP contribution in [0.4, 0.5) is 9.52 Å². The Morgan fingerprint density at radius 3 is 3.05 bits per heavy atom. The smallest absolute Gasteiger partial charge is 0.236 e. The van der Waals surface area contributed by atoms with E-state index in [9.17, 15) is 9.18 Å². The summed E-state index contributed by atoms with van der Waals surface area (Å²) in [5.41, 5.74) is 1.64. The molecular weight excluding hydrogens is 329 g/mol. The van der Waals surface area contributed by atoms with Crippen molar-refractivity contribution in [3.05, 3.63) is 35.1 Å². The van der Waals surface area contributed by atoms with E-state index in [0.717, 1.165) is 10.0 Å². The summed E-state index contributed by atoms with van der Waals surface area (Å²) >= 11 is 4.17. The largest absolute Gasteiger partial charge is 0.301 e. The van der Waals surface area contributed by atoms with Gasteiger partial charge >= 0.3 is 0 Å². The SMILES string of the molecule is Cc1csc(SCC(=O)Nc2nc3ccc(F)cc3s2)n1. The number of anilines is 1. The number of thiazole rings is 2. The van der Waals surface area contributed by atoms with E-state index in [2.05, 4.69) is 15.3 Å². The van der Waals surface area contributed by atoms with Crippen LogP contribution in [0.25, 0.3) is 10.2 Å². The number of halogens is 1. The van der Waals surface area contributed by atoms with Crippen LogP contribution >= 0.6 is 34.4 Å². The Bertz CT molecular complexity index is 799. The minimum atomic E-state index is -0.307. The second kappa shape index (κ2) is 6.08. The third-order valence-electron chi connectivity index (χ3n) is 2.52. The lowest BCUT2D eigenvalue weighted by atomic mass is 10.3. The molecule has 0 spiro atoms. The van der Waals surface area contributed by atoms with Gasteiger partial charge in [-0.2, -0.15) is 0 Å². The van der Waals surface area contributed by atoms with E-state index in [4.69, 9.17) is 0 Å². The zero-order valence-corrected chi connectivity index (χ0v) is 13.4. The molecule has 0 saturated carbocycles. The van der Waals surface area contributed by atoms with Gasteiger partial charge in [0.1, 0.15) is 5.82 Å². The quantitative estimate of drug-likeness (QED) is 0.732. The zero-order chi connectivity index (χ0) is 14.8. The lowest BCUT2D eigenvalue weighted by Gasteiger charge is -1.99. The number of benzene rings is 1. The first kappa shape index (κ1) is 14.4. The van der Waals surface area contributed by atoms with Crippen LogP contribution in [0.5, 0.6) is 0 Å². The van der Waals surface area contributed by atoms with Gasteiger partial charge in [0, 0.05) is 11.1 Å². The summed E-state index contributed by atoms with van der Waals surface area (Å²) in [6.45, 7) is 1.92. The molecule has 2 heterocycles. The molecular formula is C13H10FN3OS3. The number of amides is 1. The summed E-state index contributed by atoms with van der Waals surface area (Å²) < 4.78 is 14.7. The van der Waals surface area contributed by atoms with Crippen LogP contribution in [0.15, 0.2) is 27.9 Å². The fourth-order valence-electron chi connectivity index (χ4n) is 1.63. The van der Waals surface area contributed by atoms with Crippen LogP contribution < -0.4 is 5.32 Å². The van der Waals surface area contributed by atoms with Gasteiger partial charge in [0.05, 0.1) is 16.0 Å². The predicted molar refractivity (Wildman–Crippen MR) is 85.8 cm³/mol. The van der Waals surface area contributed by atoms with Crippen LogP contribution in [-0.4, -0.2) is 21.6 Å². The van der Waals surface area contributed by atoms with Gasteiger partial charge in [-0.1, -0.05) is 23.1 Å². The third-order valence-corrected chi connectivity index (χ3v) is 5.59. The Morgan fingerprint density at radius 1 is 1.43 bits per heavy atom. The van der Waals surface area contributed by atoms with Crippen molar-refractivity contribution >= 4 is 55.7 Å². The van der Waals surface area contributed by atoms with E-state index >= 15 is 0 Å². The lowest BCUT2D eigenvalue weighted by Crippen LogP contribution is -2.13. The average Bonchev–Trinajstić information content (AvgIpc) is 3.01. The maximum atomic E-state index is 13.1. The second-order valence-electron chi connectivity index (χ2n) is 4.22. The van der Waals surface area contributed by atoms with Gasteiger partial charge in [-0.05, 0) is 25.1 Å². The number of fused-ring (bicyclic) bond motifs is 1. The summed E-state index contributed by atoms with van der Waals surface area (Å²) in [7, 11) is 0. The number of nitrogens with one attached hydrogen (secondary N) is 1. The van der Waals surface area contributed by atoms with Gasteiger partial charge in [0.2, 0.25) is 5.91 Å². The van der Waals surface area contributed by atoms with Crippen molar-refractivity contribution in [2.75, 3.05) is 11.1 Å². The number of hydrogen-bond donors (Lipinski definition) is 1. The Kier molecular flexibility index (Phi) is 4.18. The first-order chi connectivity index (χ1) is 10.1. The summed E-state index contributed by atoms with van der Waals surface area (Å²) in [5, 5.41) is 5.16. The zero-order valence-electron chi connectivity index (χ0n) is 10.9. The van der Waals surface area contributed by atoms with E-state index in [1.54, 1.807) is 6.07 Å². The summed E-state index contributed by atoms with van der Waals surface area (Å²) in [6, 6.07) is 4.37. The highest BCUT2D eigenvalue weighted by atomic mass is 32.2. The van der Waals surface area contributed by atoms with Crippen molar-refractivity contribution in [3.8, 4) is 0 Å². The molecule has 0 radical (unpaired) electrons. The molecule has 3 rings (SSSR count). The minimum Gasteiger partial charge on any atom is -0.301 e. The summed E-state index contributed by atoms with van der Waals surface area (Å²) in [4.78, 5) is 20.4. The van der Waals surface area contributed by atoms with E-state index < -0.39 is 0 Å². The van der Waals surface area contributed by atoms with Crippen LogP contribution in [-0.2, 0) is 4.79 Å². The number of nitrogens with zero attached hydrogens (tertiary/aromatic N) is 2. The highest BCUT2D eigenvalue weighted by molar-refractivity contribution is 8.01. The molecule has 1 aromatic carbocycles. The second-order valence-corrected chi connectivity index (χ2v) is 7.33. The minimum absolute atomic E-state index is 0.146. The Hall–Kier alpha value is -1.51. The molecule has 0 fully saturated rings. The Labute approximate surface area is 132 Å². The summed E-state index contributed by atoms with van der Waals surface area (Å²) in [5.74, 6) is -0.178. The number of hydrogen-bond acceptors (Lipinski definition) is 6. The standard InChI is InChI=1S/C13H10FN3OS3/c1-7-5-19-13(15-7)20-6-11(18)17-12-16-9-3-2-8(14)4-10(9)21-12/h2-5H,6H2,1H3,(H,16,17,18). The molecule has 0 saturated heterocycles. The molecule has 0 aliphatic rings. The van der Waals surface area contributed by atoms with Gasteiger partial charge in [0.15, 0.2) is 9.47 Å². The van der Waals surface area contributed by atoms with Crippen molar-refractivity contribution in [2.24, 2.45) is 0 Å². The molecule has 0 atom stereocenters.